The lowest BCUT2D eigenvalue weighted by Crippen LogP contribution is -2.39. The minimum atomic E-state index is -0.0948. The van der Waals surface area contributed by atoms with Gasteiger partial charge in [0.25, 0.3) is 0 Å². The average molecular weight is 318 g/mol. The monoisotopic (exact) mass is 318 g/mol. The average Bonchev–Trinajstić information content (AvgIpc) is 3.02. The fourth-order valence-electron chi connectivity index (χ4n) is 2.50. The largest absolute Gasteiger partial charge is 0.331 e. The Morgan fingerprint density at radius 1 is 1.29 bits per heavy atom. The third-order valence-electron chi connectivity index (χ3n) is 3.58. The van der Waals surface area contributed by atoms with Crippen LogP contribution in [0.1, 0.15) is 35.9 Å². The number of urea groups is 1. The summed E-state index contributed by atoms with van der Waals surface area (Å²) in [5.41, 5.74) is 1.23. The van der Waals surface area contributed by atoms with Crippen molar-refractivity contribution >= 4 is 29.1 Å². The van der Waals surface area contributed by atoms with Gasteiger partial charge >= 0.3 is 6.03 Å². The summed E-state index contributed by atoms with van der Waals surface area (Å²) in [7, 11) is 0. The number of amides is 2. The number of carbonyl (C=O) groups excluding carboxylic acids is 1. The Kier molecular flexibility index (Phi) is 4.51. The molecule has 0 saturated heterocycles. The summed E-state index contributed by atoms with van der Waals surface area (Å²) in [4.78, 5) is 14.7. The van der Waals surface area contributed by atoms with E-state index in [-0.39, 0.29) is 18.1 Å². The molecule has 0 spiro atoms. The third kappa shape index (κ3) is 3.41. The van der Waals surface area contributed by atoms with E-state index >= 15 is 0 Å². The van der Waals surface area contributed by atoms with Crippen LogP contribution in [0.25, 0.3) is 0 Å². The molecule has 1 aromatic carbocycles. The van der Waals surface area contributed by atoms with Gasteiger partial charge in [0, 0.05) is 15.5 Å². The molecule has 2 N–H and O–H groups in total. The first-order chi connectivity index (χ1) is 10.2. The lowest BCUT2D eigenvalue weighted by molar-refractivity contribution is 0.233. The van der Waals surface area contributed by atoms with E-state index < -0.39 is 0 Å². The molecular formula is C16H18N2OS2. The molecule has 0 saturated carbocycles. The molecule has 0 fully saturated rings. The highest BCUT2D eigenvalue weighted by Crippen LogP contribution is 2.35. The first kappa shape index (κ1) is 14.5. The first-order valence-corrected chi connectivity index (χ1v) is 8.92. The summed E-state index contributed by atoms with van der Waals surface area (Å²) in [6, 6.07) is 12.4. The predicted octanol–water partition coefficient (Wildman–Crippen LogP) is 4.35. The minimum absolute atomic E-state index is 0.0400. The highest BCUT2D eigenvalue weighted by Gasteiger charge is 2.22. The molecule has 0 unspecified atom stereocenters. The molecular weight excluding hydrogens is 300 g/mol. The Labute approximate surface area is 133 Å². The van der Waals surface area contributed by atoms with Crippen molar-refractivity contribution in [2.24, 2.45) is 0 Å². The van der Waals surface area contributed by atoms with E-state index in [1.165, 1.54) is 15.3 Å². The Morgan fingerprint density at radius 2 is 2.14 bits per heavy atom. The summed E-state index contributed by atoms with van der Waals surface area (Å²) >= 11 is 3.52. The Balaban J connectivity index is 1.63. The summed E-state index contributed by atoms with van der Waals surface area (Å²) in [5.74, 6) is 1.04. The van der Waals surface area contributed by atoms with E-state index in [4.69, 9.17) is 0 Å². The van der Waals surface area contributed by atoms with E-state index in [1.807, 2.05) is 48.3 Å². The van der Waals surface area contributed by atoms with Crippen molar-refractivity contribution < 1.29 is 4.79 Å². The lowest BCUT2D eigenvalue weighted by atomic mass is 10.0. The quantitative estimate of drug-likeness (QED) is 0.883. The second-order valence-electron chi connectivity index (χ2n) is 5.08. The van der Waals surface area contributed by atoms with Crippen molar-refractivity contribution in [3.05, 3.63) is 52.2 Å². The molecule has 2 heterocycles. The molecule has 3 rings (SSSR count). The smallest absolute Gasteiger partial charge is 0.315 e. The molecule has 1 aliphatic rings. The van der Waals surface area contributed by atoms with E-state index in [9.17, 15) is 4.79 Å². The summed E-state index contributed by atoms with van der Waals surface area (Å²) < 4.78 is 0. The fraction of sp³-hybridized carbons (Fsp3) is 0.312. The van der Waals surface area contributed by atoms with Gasteiger partial charge in [0.05, 0.1) is 12.1 Å². The number of fused-ring (bicyclic) bond motifs is 1. The molecule has 3 nitrogen and oxygen atoms in total. The standard InChI is InChI=1S/C16H18N2OS2/c1-11(14-7-4-9-20-14)17-16(19)18-13-8-10-21-15-6-3-2-5-12(13)15/h2-7,9,11,13H,8,10H2,1H3,(H2,17,18,19)/t11-,13+/m0/s1. The number of rotatable bonds is 3. The van der Waals surface area contributed by atoms with Crippen LogP contribution in [0.3, 0.4) is 0 Å². The first-order valence-electron chi connectivity index (χ1n) is 7.06. The van der Waals surface area contributed by atoms with Crippen molar-refractivity contribution in [1.82, 2.24) is 10.6 Å². The van der Waals surface area contributed by atoms with Gasteiger partial charge in [0.2, 0.25) is 0 Å². The number of thiophene rings is 1. The number of carbonyl (C=O) groups is 1. The van der Waals surface area contributed by atoms with E-state index in [0.717, 1.165) is 12.2 Å². The van der Waals surface area contributed by atoms with Crippen molar-refractivity contribution in [2.45, 2.75) is 30.3 Å². The summed E-state index contributed by atoms with van der Waals surface area (Å²) in [5, 5.41) is 8.15. The van der Waals surface area contributed by atoms with Crippen LogP contribution in [0.15, 0.2) is 46.7 Å². The topological polar surface area (TPSA) is 41.1 Å². The second kappa shape index (κ2) is 6.54. The van der Waals surface area contributed by atoms with Gasteiger partial charge in [-0.05, 0) is 36.4 Å². The van der Waals surface area contributed by atoms with Crippen LogP contribution in [-0.4, -0.2) is 11.8 Å². The van der Waals surface area contributed by atoms with Crippen LogP contribution >= 0.6 is 23.1 Å². The summed E-state index contributed by atoms with van der Waals surface area (Å²) in [6.07, 6.45) is 0.975. The van der Waals surface area contributed by atoms with Crippen molar-refractivity contribution in [1.29, 1.82) is 0 Å². The predicted molar refractivity (Wildman–Crippen MR) is 88.9 cm³/mol. The van der Waals surface area contributed by atoms with Gasteiger partial charge in [-0.1, -0.05) is 24.3 Å². The normalized spacial score (nSPS) is 18.6. The molecule has 110 valence electrons. The molecule has 2 amide bonds. The van der Waals surface area contributed by atoms with E-state index in [0.29, 0.717) is 0 Å². The molecule has 0 bridgehead atoms. The second-order valence-corrected chi connectivity index (χ2v) is 7.20. The van der Waals surface area contributed by atoms with E-state index in [2.05, 4.69) is 22.8 Å². The maximum atomic E-state index is 12.2. The molecule has 1 aliphatic heterocycles. The van der Waals surface area contributed by atoms with Crippen molar-refractivity contribution in [3.8, 4) is 0 Å². The number of hydrogen-bond acceptors (Lipinski definition) is 3. The zero-order valence-electron chi connectivity index (χ0n) is 11.8. The maximum Gasteiger partial charge on any atom is 0.315 e. The zero-order valence-corrected chi connectivity index (χ0v) is 13.5. The maximum absolute atomic E-state index is 12.2. The van der Waals surface area contributed by atoms with Gasteiger partial charge in [-0.3, -0.25) is 0 Å². The number of hydrogen-bond donors (Lipinski definition) is 2. The Hall–Kier alpha value is -1.46. The van der Waals surface area contributed by atoms with Crippen LogP contribution in [0.2, 0.25) is 0 Å². The fourth-order valence-corrected chi connectivity index (χ4v) is 4.36. The van der Waals surface area contributed by atoms with Crippen molar-refractivity contribution in [3.63, 3.8) is 0 Å². The summed E-state index contributed by atoms with van der Waals surface area (Å²) in [6.45, 7) is 2.01. The highest BCUT2D eigenvalue weighted by atomic mass is 32.2. The van der Waals surface area contributed by atoms with Crippen LogP contribution in [-0.2, 0) is 0 Å². The van der Waals surface area contributed by atoms with Gasteiger partial charge < -0.3 is 10.6 Å². The molecule has 21 heavy (non-hydrogen) atoms. The van der Waals surface area contributed by atoms with Crippen LogP contribution in [0, 0.1) is 0 Å². The van der Waals surface area contributed by atoms with Crippen LogP contribution in [0.4, 0.5) is 4.79 Å². The van der Waals surface area contributed by atoms with Gasteiger partial charge in [0.1, 0.15) is 0 Å². The molecule has 2 atom stereocenters. The van der Waals surface area contributed by atoms with Gasteiger partial charge in [0.15, 0.2) is 0 Å². The molecule has 0 aliphatic carbocycles. The molecule has 1 aromatic heterocycles. The minimum Gasteiger partial charge on any atom is -0.331 e. The zero-order chi connectivity index (χ0) is 14.7. The van der Waals surface area contributed by atoms with E-state index in [1.54, 1.807) is 11.3 Å². The number of benzene rings is 1. The van der Waals surface area contributed by atoms with Crippen molar-refractivity contribution in [2.75, 3.05) is 5.75 Å². The third-order valence-corrected chi connectivity index (χ3v) is 5.76. The molecule has 5 heteroatoms. The molecule has 0 radical (unpaired) electrons. The van der Waals surface area contributed by atoms with Crippen LogP contribution in [0.5, 0.6) is 0 Å². The lowest BCUT2D eigenvalue weighted by Gasteiger charge is -2.26. The SMILES string of the molecule is C[C@H](NC(=O)N[C@@H]1CCSc2ccccc21)c1cccs1. The number of thioether (sulfide) groups is 1. The number of nitrogens with one attached hydrogen (secondary N) is 2. The van der Waals surface area contributed by atoms with Crippen LogP contribution < -0.4 is 10.6 Å². The Bertz CT molecular complexity index is 612. The highest BCUT2D eigenvalue weighted by molar-refractivity contribution is 7.99. The molecule has 2 aromatic rings. The van der Waals surface area contributed by atoms with Gasteiger partial charge in [-0.15, -0.1) is 23.1 Å². The van der Waals surface area contributed by atoms with Gasteiger partial charge in [-0.25, -0.2) is 4.79 Å². The van der Waals surface area contributed by atoms with Gasteiger partial charge in [-0.2, -0.15) is 0 Å². The Morgan fingerprint density at radius 3 is 2.95 bits per heavy atom.